The lowest BCUT2D eigenvalue weighted by Gasteiger charge is -2.33. The van der Waals surface area contributed by atoms with Gasteiger partial charge in [0.1, 0.15) is 6.10 Å². The molecule has 25 heavy (non-hydrogen) atoms. The van der Waals surface area contributed by atoms with Crippen LogP contribution in [0.4, 0.5) is 0 Å². The quantitative estimate of drug-likeness (QED) is 0.380. The van der Waals surface area contributed by atoms with Gasteiger partial charge in [0.15, 0.2) is 5.41 Å². The van der Waals surface area contributed by atoms with Crippen molar-refractivity contribution in [1.82, 2.24) is 0 Å². The summed E-state index contributed by atoms with van der Waals surface area (Å²) in [6.07, 6.45) is 10.3. The Hall–Kier alpha value is -1.06. The van der Waals surface area contributed by atoms with E-state index in [0.29, 0.717) is 12.8 Å². The molecule has 146 valence electrons. The van der Waals surface area contributed by atoms with Crippen molar-refractivity contribution in [2.75, 3.05) is 0 Å². The van der Waals surface area contributed by atoms with Crippen molar-refractivity contribution in [2.45, 2.75) is 111 Å². The molecule has 0 aromatic carbocycles. The molecule has 0 aromatic heterocycles. The first kappa shape index (κ1) is 22.0. The molecule has 1 aliphatic rings. The van der Waals surface area contributed by atoms with Gasteiger partial charge in [0.05, 0.1) is 0 Å². The minimum Gasteiger partial charge on any atom is -0.480 e. The van der Waals surface area contributed by atoms with Crippen molar-refractivity contribution >= 4 is 11.9 Å². The van der Waals surface area contributed by atoms with E-state index in [1.165, 1.54) is 0 Å². The molecule has 4 heteroatoms. The van der Waals surface area contributed by atoms with Crippen LogP contribution in [0.3, 0.4) is 0 Å². The van der Waals surface area contributed by atoms with Crippen LogP contribution in [0.1, 0.15) is 105 Å². The summed E-state index contributed by atoms with van der Waals surface area (Å²) in [6, 6.07) is 0. The lowest BCUT2D eigenvalue weighted by Crippen LogP contribution is -2.43. The van der Waals surface area contributed by atoms with E-state index in [2.05, 4.69) is 27.7 Å². The summed E-state index contributed by atoms with van der Waals surface area (Å²) in [5.74, 6) is -1.49. The lowest BCUT2D eigenvalue weighted by molar-refractivity contribution is -0.176. The van der Waals surface area contributed by atoms with Crippen LogP contribution < -0.4 is 0 Å². The summed E-state index contributed by atoms with van der Waals surface area (Å²) >= 11 is 0. The third-order valence-electron chi connectivity index (χ3n) is 5.73. The molecule has 0 heterocycles. The van der Waals surface area contributed by atoms with Crippen LogP contribution in [-0.4, -0.2) is 23.1 Å². The fraction of sp³-hybridized carbons (Fsp3) is 0.905. The average Bonchev–Trinajstić information content (AvgIpc) is 2.57. The van der Waals surface area contributed by atoms with Crippen LogP contribution in [0.2, 0.25) is 0 Å². The highest BCUT2D eigenvalue weighted by Crippen LogP contribution is 2.39. The number of aliphatic carboxylic acids is 1. The molecule has 0 bridgehead atoms. The summed E-state index contributed by atoms with van der Waals surface area (Å²) in [7, 11) is 0. The molecular formula is C21H38O4. The molecule has 1 atom stereocenters. The van der Waals surface area contributed by atoms with Crippen molar-refractivity contribution in [3.05, 3.63) is 0 Å². The molecule has 0 aliphatic heterocycles. The molecule has 0 aromatic rings. The van der Waals surface area contributed by atoms with E-state index in [9.17, 15) is 14.7 Å². The van der Waals surface area contributed by atoms with Crippen LogP contribution in [0.15, 0.2) is 0 Å². The number of unbranched alkanes of at least 4 members (excludes halogenated alkanes) is 1. The van der Waals surface area contributed by atoms with Gasteiger partial charge in [-0.3, -0.25) is 9.59 Å². The van der Waals surface area contributed by atoms with E-state index < -0.39 is 17.4 Å². The number of carboxylic acid groups (broad SMARTS) is 1. The van der Waals surface area contributed by atoms with Gasteiger partial charge >= 0.3 is 11.9 Å². The predicted molar refractivity (Wildman–Crippen MR) is 100 cm³/mol. The Morgan fingerprint density at radius 1 is 1.04 bits per heavy atom. The van der Waals surface area contributed by atoms with Crippen LogP contribution >= 0.6 is 0 Å². The number of ether oxygens (including phenoxy) is 1. The third-order valence-corrected chi connectivity index (χ3v) is 5.73. The summed E-state index contributed by atoms with van der Waals surface area (Å²) in [4.78, 5) is 24.6. The van der Waals surface area contributed by atoms with Crippen molar-refractivity contribution in [2.24, 2.45) is 10.8 Å². The highest BCUT2D eigenvalue weighted by atomic mass is 16.5. The highest BCUT2D eigenvalue weighted by molar-refractivity contribution is 5.99. The number of hydrogen-bond donors (Lipinski definition) is 1. The number of carbonyl (C=O) groups is 2. The number of carboxylic acids is 1. The van der Waals surface area contributed by atoms with Crippen molar-refractivity contribution in [3.63, 3.8) is 0 Å². The summed E-state index contributed by atoms with van der Waals surface area (Å²) in [5.41, 5.74) is -1.07. The molecule has 0 spiro atoms. The van der Waals surface area contributed by atoms with Gasteiger partial charge in [0.25, 0.3) is 0 Å². The number of hydrogen-bond acceptors (Lipinski definition) is 3. The second-order valence-corrected chi connectivity index (χ2v) is 8.57. The summed E-state index contributed by atoms with van der Waals surface area (Å²) < 4.78 is 5.81. The van der Waals surface area contributed by atoms with Gasteiger partial charge in [-0.1, -0.05) is 66.2 Å². The maximum Gasteiger partial charge on any atom is 0.323 e. The SMILES string of the molecule is CCCCC(CCC(C)(C)CCC)OC(=O)C1(C(=O)O)CCCCC1. The Kier molecular flexibility index (Phi) is 8.95. The topological polar surface area (TPSA) is 63.6 Å². The molecule has 1 fully saturated rings. The smallest absolute Gasteiger partial charge is 0.323 e. The van der Waals surface area contributed by atoms with E-state index in [0.717, 1.165) is 64.2 Å². The molecule has 0 saturated heterocycles. The Balaban J connectivity index is 2.74. The number of carbonyl (C=O) groups excluding carboxylic acids is 1. The second-order valence-electron chi connectivity index (χ2n) is 8.57. The Bertz CT molecular complexity index is 422. The average molecular weight is 355 g/mol. The third kappa shape index (κ3) is 6.63. The van der Waals surface area contributed by atoms with Crippen molar-refractivity contribution in [1.29, 1.82) is 0 Å². The van der Waals surface area contributed by atoms with Gasteiger partial charge in [0.2, 0.25) is 0 Å². The van der Waals surface area contributed by atoms with Crippen LogP contribution in [-0.2, 0) is 14.3 Å². The minimum absolute atomic E-state index is 0.151. The van der Waals surface area contributed by atoms with E-state index in [1.807, 2.05) is 0 Å². The lowest BCUT2D eigenvalue weighted by atomic mass is 9.74. The van der Waals surface area contributed by atoms with Crippen LogP contribution in [0.25, 0.3) is 0 Å². The van der Waals surface area contributed by atoms with Crippen LogP contribution in [0, 0.1) is 10.8 Å². The fourth-order valence-corrected chi connectivity index (χ4v) is 3.97. The minimum atomic E-state index is -1.30. The Morgan fingerprint density at radius 2 is 1.68 bits per heavy atom. The molecule has 0 radical (unpaired) electrons. The first-order valence-electron chi connectivity index (χ1n) is 10.2. The molecule has 0 amide bonds. The molecule has 1 aliphatic carbocycles. The number of esters is 1. The molecular weight excluding hydrogens is 316 g/mol. The molecule has 1 N–H and O–H groups in total. The highest BCUT2D eigenvalue weighted by Gasteiger charge is 2.48. The molecule has 1 unspecified atom stereocenters. The second kappa shape index (κ2) is 10.2. The van der Waals surface area contributed by atoms with Gasteiger partial charge in [0, 0.05) is 0 Å². The van der Waals surface area contributed by atoms with Crippen molar-refractivity contribution in [3.8, 4) is 0 Å². The van der Waals surface area contributed by atoms with E-state index >= 15 is 0 Å². The molecule has 4 nitrogen and oxygen atoms in total. The normalized spacial score (nSPS) is 18.6. The standard InChI is InChI=1S/C21H38O4/c1-5-7-11-17(12-16-20(3,4)13-6-2)25-19(24)21(18(22)23)14-9-8-10-15-21/h17H,5-16H2,1-4H3,(H,22,23). The van der Waals surface area contributed by atoms with Gasteiger partial charge in [-0.05, 0) is 43.9 Å². The predicted octanol–water partition coefficient (Wildman–Crippen LogP) is 5.73. The molecule has 1 rings (SSSR count). The van der Waals surface area contributed by atoms with Crippen molar-refractivity contribution < 1.29 is 19.4 Å². The zero-order valence-electron chi connectivity index (χ0n) is 16.7. The first-order valence-corrected chi connectivity index (χ1v) is 10.2. The van der Waals surface area contributed by atoms with Gasteiger partial charge in [-0.25, -0.2) is 0 Å². The van der Waals surface area contributed by atoms with Crippen LogP contribution in [0.5, 0.6) is 0 Å². The molecule has 1 saturated carbocycles. The fourth-order valence-electron chi connectivity index (χ4n) is 3.97. The monoisotopic (exact) mass is 354 g/mol. The van der Waals surface area contributed by atoms with E-state index in [4.69, 9.17) is 4.74 Å². The Morgan fingerprint density at radius 3 is 2.20 bits per heavy atom. The maximum absolute atomic E-state index is 12.8. The summed E-state index contributed by atoms with van der Waals surface area (Å²) in [5, 5.41) is 9.68. The first-order chi connectivity index (χ1) is 11.8. The Labute approximate surface area is 153 Å². The maximum atomic E-state index is 12.8. The van der Waals surface area contributed by atoms with Gasteiger partial charge in [-0.15, -0.1) is 0 Å². The van der Waals surface area contributed by atoms with E-state index in [1.54, 1.807) is 0 Å². The zero-order chi connectivity index (χ0) is 18.9. The largest absolute Gasteiger partial charge is 0.480 e. The summed E-state index contributed by atoms with van der Waals surface area (Å²) in [6.45, 7) is 8.83. The van der Waals surface area contributed by atoms with E-state index in [-0.39, 0.29) is 11.5 Å². The zero-order valence-corrected chi connectivity index (χ0v) is 16.7. The van der Waals surface area contributed by atoms with Gasteiger partial charge < -0.3 is 9.84 Å². The number of rotatable bonds is 11. The van der Waals surface area contributed by atoms with Gasteiger partial charge in [-0.2, -0.15) is 0 Å².